The SMILES string of the molecule is Nc1cccc2c1-c1ccccc1C2.c1ccncc1. The number of nitrogens with two attached hydrogens (primary N) is 1. The van der Waals surface area contributed by atoms with Crippen LogP contribution in [0.15, 0.2) is 73.1 Å². The zero-order chi connectivity index (χ0) is 13.8. The van der Waals surface area contributed by atoms with E-state index < -0.39 is 0 Å². The van der Waals surface area contributed by atoms with Crippen LogP contribution in [0.1, 0.15) is 11.1 Å². The molecule has 1 heterocycles. The van der Waals surface area contributed by atoms with E-state index in [9.17, 15) is 0 Å². The van der Waals surface area contributed by atoms with Crippen molar-refractivity contribution in [3.8, 4) is 11.1 Å². The minimum atomic E-state index is 0.896. The van der Waals surface area contributed by atoms with Crippen molar-refractivity contribution in [2.75, 3.05) is 5.73 Å². The Labute approximate surface area is 118 Å². The van der Waals surface area contributed by atoms with Crippen molar-refractivity contribution in [1.82, 2.24) is 4.98 Å². The lowest BCUT2D eigenvalue weighted by molar-refractivity contribution is 1.26. The minimum absolute atomic E-state index is 0.896. The second-order valence-electron chi connectivity index (χ2n) is 4.74. The van der Waals surface area contributed by atoms with Crippen molar-refractivity contribution in [2.24, 2.45) is 0 Å². The third-order valence-corrected chi connectivity index (χ3v) is 3.42. The first kappa shape index (κ1) is 12.4. The van der Waals surface area contributed by atoms with Crippen LogP contribution in [0.4, 0.5) is 5.69 Å². The monoisotopic (exact) mass is 260 g/mol. The molecule has 0 bridgehead atoms. The molecular weight excluding hydrogens is 244 g/mol. The van der Waals surface area contributed by atoms with Gasteiger partial charge in [0, 0.05) is 23.6 Å². The lowest BCUT2D eigenvalue weighted by Crippen LogP contribution is -1.89. The summed E-state index contributed by atoms with van der Waals surface area (Å²) in [6, 6.07) is 20.4. The van der Waals surface area contributed by atoms with E-state index in [0.717, 1.165) is 12.1 Å². The van der Waals surface area contributed by atoms with Crippen LogP contribution < -0.4 is 5.73 Å². The van der Waals surface area contributed by atoms with Gasteiger partial charge in [-0.2, -0.15) is 0 Å². The van der Waals surface area contributed by atoms with Crippen LogP contribution in [0.3, 0.4) is 0 Å². The second-order valence-corrected chi connectivity index (χ2v) is 4.74. The molecule has 98 valence electrons. The molecular formula is C18H16N2. The summed E-state index contributed by atoms with van der Waals surface area (Å²) < 4.78 is 0. The number of fused-ring (bicyclic) bond motifs is 3. The molecule has 1 aromatic heterocycles. The van der Waals surface area contributed by atoms with Crippen LogP contribution in [-0.4, -0.2) is 4.98 Å². The molecule has 1 aliphatic carbocycles. The minimum Gasteiger partial charge on any atom is -0.398 e. The van der Waals surface area contributed by atoms with Gasteiger partial charge in [-0.15, -0.1) is 0 Å². The molecule has 0 amide bonds. The third-order valence-electron chi connectivity index (χ3n) is 3.42. The highest BCUT2D eigenvalue weighted by molar-refractivity contribution is 5.85. The molecule has 0 atom stereocenters. The molecule has 0 spiro atoms. The van der Waals surface area contributed by atoms with Crippen molar-refractivity contribution in [2.45, 2.75) is 6.42 Å². The Bertz CT molecular complexity index is 679. The Balaban J connectivity index is 0.000000170. The maximum absolute atomic E-state index is 5.99. The maximum atomic E-state index is 5.99. The number of pyridine rings is 1. The Morgan fingerprint density at radius 1 is 0.750 bits per heavy atom. The lowest BCUT2D eigenvalue weighted by Gasteiger charge is -2.03. The third kappa shape index (κ3) is 2.41. The molecule has 0 unspecified atom stereocenters. The number of rotatable bonds is 0. The Kier molecular flexibility index (Phi) is 3.46. The molecule has 0 saturated heterocycles. The van der Waals surface area contributed by atoms with Crippen LogP contribution in [0.5, 0.6) is 0 Å². The summed E-state index contributed by atoms with van der Waals surface area (Å²) in [5, 5.41) is 0. The van der Waals surface area contributed by atoms with Gasteiger partial charge in [-0.1, -0.05) is 42.5 Å². The Morgan fingerprint density at radius 3 is 2.20 bits per heavy atom. The predicted octanol–water partition coefficient (Wildman–Crippen LogP) is 3.92. The van der Waals surface area contributed by atoms with Gasteiger partial charge in [0.1, 0.15) is 0 Å². The molecule has 20 heavy (non-hydrogen) atoms. The molecule has 2 aromatic carbocycles. The van der Waals surface area contributed by atoms with Gasteiger partial charge in [-0.3, -0.25) is 4.98 Å². The average Bonchev–Trinajstić information content (AvgIpc) is 2.89. The van der Waals surface area contributed by atoms with Gasteiger partial charge >= 0.3 is 0 Å². The summed E-state index contributed by atoms with van der Waals surface area (Å²) in [4.78, 5) is 3.78. The van der Waals surface area contributed by atoms with E-state index in [1.807, 2.05) is 30.3 Å². The number of nitrogen functional groups attached to an aromatic ring is 1. The molecule has 4 rings (SSSR count). The Hall–Kier alpha value is -2.61. The molecule has 0 saturated carbocycles. The largest absolute Gasteiger partial charge is 0.398 e. The van der Waals surface area contributed by atoms with Crippen molar-refractivity contribution in [3.63, 3.8) is 0 Å². The molecule has 0 fully saturated rings. The highest BCUT2D eigenvalue weighted by atomic mass is 14.6. The fraction of sp³-hybridized carbons (Fsp3) is 0.0556. The second kappa shape index (κ2) is 5.57. The molecule has 0 radical (unpaired) electrons. The topological polar surface area (TPSA) is 38.9 Å². The number of benzene rings is 2. The van der Waals surface area contributed by atoms with E-state index >= 15 is 0 Å². The van der Waals surface area contributed by atoms with Gasteiger partial charge < -0.3 is 5.73 Å². The van der Waals surface area contributed by atoms with E-state index in [1.165, 1.54) is 22.3 Å². The summed E-state index contributed by atoms with van der Waals surface area (Å²) in [5.41, 5.74) is 12.2. The molecule has 3 aromatic rings. The van der Waals surface area contributed by atoms with Crippen molar-refractivity contribution in [1.29, 1.82) is 0 Å². The van der Waals surface area contributed by atoms with Gasteiger partial charge in [0.25, 0.3) is 0 Å². The smallest absolute Gasteiger partial charge is 0.0396 e. The number of anilines is 1. The standard InChI is InChI=1S/C13H11N.C5H5N/c14-12-7-3-5-10-8-9-4-1-2-6-11(9)13(10)12;1-2-4-6-5-3-1/h1-7H,8,14H2;1-5H. The predicted molar refractivity (Wildman–Crippen MR) is 83.3 cm³/mol. The molecule has 0 aliphatic heterocycles. The highest BCUT2D eigenvalue weighted by Crippen LogP contribution is 2.39. The van der Waals surface area contributed by atoms with Gasteiger partial charge in [0.2, 0.25) is 0 Å². The number of hydrogen-bond acceptors (Lipinski definition) is 2. The summed E-state index contributed by atoms with van der Waals surface area (Å²) >= 11 is 0. The van der Waals surface area contributed by atoms with E-state index in [2.05, 4.69) is 35.3 Å². The fourth-order valence-electron chi connectivity index (χ4n) is 2.53. The summed E-state index contributed by atoms with van der Waals surface area (Å²) in [5.74, 6) is 0. The number of aromatic nitrogens is 1. The zero-order valence-electron chi connectivity index (χ0n) is 11.2. The van der Waals surface area contributed by atoms with Crippen molar-refractivity contribution in [3.05, 3.63) is 84.2 Å². The molecule has 1 aliphatic rings. The first-order valence-electron chi connectivity index (χ1n) is 6.67. The van der Waals surface area contributed by atoms with Crippen LogP contribution in [0, 0.1) is 0 Å². The van der Waals surface area contributed by atoms with Crippen LogP contribution in [-0.2, 0) is 6.42 Å². The van der Waals surface area contributed by atoms with Crippen molar-refractivity contribution < 1.29 is 0 Å². The number of hydrogen-bond donors (Lipinski definition) is 1. The summed E-state index contributed by atoms with van der Waals surface area (Å²) in [7, 11) is 0. The van der Waals surface area contributed by atoms with Crippen LogP contribution in [0.25, 0.3) is 11.1 Å². The molecule has 2 N–H and O–H groups in total. The first-order chi connectivity index (χ1) is 9.86. The van der Waals surface area contributed by atoms with E-state index in [1.54, 1.807) is 12.4 Å². The molecule has 2 nitrogen and oxygen atoms in total. The van der Waals surface area contributed by atoms with Gasteiger partial charge in [-0.05, 0) is 41.3 Å². The van der Waals surface area contributed by atoms with Crippen LogP contribution in [0.2, 0.25) is 0 Å². The lowest BCUT2D eigenvalue weighted by atomic mass is 10.0. The first-order valence-corrected chi connectivity index (χ1v) is 6.67. The zero-order valence-corrected chi connectivity index (χ0v) is 11.2. The van der Waals surface area contributed by atoms with E-state index in [4.69, 9.17) is 5.73 Å². The highest BCUT2D eigenvalue weighted by Gasteiger charge is 2.18. The Morgan fingerprint density at radius 2 is 1.50 bits per heavy atom. The van der Waals surface area contributed by atoms with Crippen LogP contribution >= 0.6 is 0 Å². The molecule has 2 heteroatoms. The fourth-order valence-corrected chi connectivity index (χ4v) is 2.53. The summed E-state index contributed by atoms with van der Waals surface area (Å²) in [6.07, 6.45) is 4.52. The number of nitrogens with zero attached hydrogens (tertiary/aromatic N) is 1. The average molecular weight is 260 g/mol. The normalized spacial score (nSPS) is 11.0. The van der Waals surface area contributed by atoms with Gasteiger partial charge in [0.05, 0.1) is 0 Å². The van der Waals surface area contributed by atoms with E-state index in [0.29, 0.717) is 0 Å². The maximum Gasteiger partial charge on any atom is 0.0396 e. The van der Waals surface area contributed by atoms with Gasteiger partial charge in [-0.25, -0.2) is 0 Å². The van der Waals surface area contributed by atoms with Crippen molar-refractivity contribution >= 4 is 5.69 Å². The van der Waals surface area contributed by atoms with Gasteiger partial charge in [0.15, 0.2) is 0 Å². The van der Waals surface area contributed by atoms with E-state index in [-0.39, 0.29) is 0 Å². The quantitative estimate of drug-likeness (QED) is 0.487. The summed E-state index contributed by atoms with van der Waals surface area (Å²) in [6.45, 7) is 0.